The van der Waals surface area contributed by atoms with Gasteiger partial charge in [0.25, 0.3) is 0 Å². The van der Waals surface area contributed by atoms with Gasteiger partial charge in [-0.2, -0.15) is 0 Å². The Balaban J connectivity index is 2.06. The lowest BCUT2D eigenvalue weighted by Crippen LogP contribution is -2.04. The van der Waals surface area contributed by atoms with Crippen molar-refractivity contribution in [3.05, 3.63) is 35.9 Å². The van der Waals surface area contributed by atoms with Crippen molar-refractivity contribution in [1.29, 1.82) is 0 Å². The molecule has 0 amide bonds. The van der Waals surface area contributed by atoms with Crippen molar-refractivity contribution in [2.75, 3.05) is 6.61 Å². The molecule has 80 valence electrons. The summed E-state index contributed by atoms with van der Waals surface area (Å²) in [5.41, 5.74) is 1.16. The van der Waals surface area contributed by atoms with Crippen LogP contribution in [-0.4, -0.2) is 17.8 Å². The van der Waals surface area contributed by atoms with E-state index < -0.39 is 6.10 Å². The van der Waals surface area contributed by atoms with Gasteiger partial charge in [-0.3, -0.25) is 0 Å². The van der Waals surface area contributed by atoms with Gasteiger partial charge in [0, 0.05) is 6.61 Å². The number of benzene rings is 1. The largest absolute Gasteiger partial charge is 0.380 e. The average Bonchev–Trinajstić information content (AvgIpc) is 2.29. The Hall–Kier alpha value is -1.30. The molecule has 0 radical (unpaired) electrons. The van der Waals surface area contributed by atoms with Gasteiger partial charge in [0.2, 0.25) is 0 Å². The van der Waals surface area contributed by atoms with Gasteiger partial charge in [-0.1, -0.05) is 36.3 Å². The molecule has 0 aliphatic rings. The number of ether oxygens (including phenoxy) is 1. The van der Waals surface area contributed by atoms with Crippen LogP contribution in [-0.2, 0) is 11.3 Å². The summed E-state index contributed by atoms with van der Waals surface area (Å²) in [5.74, 6) is 2.27. The molecule has 0 saturated heterocycles. The molecule has 15 heavy (non-hydrogen) atoms. The lowest BCUT2D eigenvalue weighted by atomic mass is 10.2. The monoisotopic (exact) mass is 204 g/mol. The highest BCUT2D eigenvalue weighted by Crippen LogP contribution is 2.02. The quantitative estimate of drug-likeness (QED) is 0.567. The SMILES string of the molecule is C#CC(O)CCCOCc1ccccc1. The van der Waals surface area contributed by atoms with Crippen LogP contribution in [0.25, 0.3) is 0 Å². The number of aliphatic hydroxyl groups is 1. The minimum Gasteiger partial charge on any atom is -0.380 e. The number of aliphatic hydroxyl groups excluding tert-OH is 1. The van der Waals surface area contributed by atoms with Gasteiger partial charge in [-0.15, -0.1) is 6.42 Å². The average molecular weight is 204 g/mol. The maximum Gasteiger partial charge on any atom is 0.114 e. The maximum absolute atomic E-state index is 9.08. The van der Waals surface area contributed by atoms with E-state index in [0.29, 0.717) is 19.6 Å². The molecule has 0 aliphatic carbocycles. The van der Waals surface area contributed by atoms with Crippen LogP contribution in [0.5, 0.6) is 0 Å². The number of hydrogen-bond acceptors (Lipinski definition) is 2. The van der Waals surface area contributed by atoms with Crippen molar-refractivity contribution in [2.24, 2.45) is 0 Å². The Morgan fingerprint density at radius 1 is 1.33 bits per heavy atom. The van der Waals surface area contributed by atoms with Crippen molar-refractivity contribution in [2.45, 2.75) is 25.6 Å². The predicted molar refractivity (Wildman–Crippen MR) is 60.2 cm³/mol. The summed E-state index contributed by atoms with van der Waals surface area (Å²) < 4.78 is 5.43. The van der Waals surface area contributed by atoms with Crippen LogP contribution in [0.2, 0.25) is 0 Å². The summed E-state index contributed by atoms with van der Waals surface area (Å²) in [7, 11) is 0. The Kier molecular flexibility index (Phi) is 5.54. The molecule has 0 aromatic heterocycles. The van der Waals surface area contributed by atoms with Crippen LogP contribution in [0, 0.1) is 12.3 Å². The minimum absolute atomic E-state index is 0.602. The molecule has 0 heterocycles. The zero-order chi connectivity index (χ0) is 10.9. The van der Waals surface area contributed by atoms with Crippen molar-refractivity contribution >= 4 is 0 Å². The highest BCUT2D eigenvalue weighted by atomic mass is 16.5. The number of hydrogen-bond donors (Lipinski definition) is 1. The fraction of sp³-hybridized carbons (Fsp3) is 0.385. The number of terminal acetylenes is 1. The third-order valence-electron chi connectivity index (χ3n) is 2.07. The summed E-state index contributed by atoms with van der Waals surface area (Å²) in [4.78, 5) is 0. The smallest absolute Gasteiger partial charge is 0.114 e. The van der Waals surface area contributed by atoms with Gasteiger partial charge < -0.3 is 9.84 Å². The summed E-state index contributed by atoms with van der Waals surface area (Å²) in [6, 6.07) is 10.0. The molecule has 2 nitrogen and oxygen atoms in total. The molecule has 1 aromatic carbocycles. The Labute approximate surface area is 90.9 Å². The van der Waals surface area contributed by atoms with Crippen molar-refractivity contribution in [3.63, 3.8) is 0 Å². The van der Waals surface area contributed by atoms with Gasteiger partial charge in [-0.05, 0) is 18.4 Å². The highest BCUT2D eigenvalue weighted by Gasteiger charge is 1.98. The van der Waals surface area contributed by atoms with E-state index >= 15 is 0 Å². The predicted octanol–water partition coefficient (Wildman–Crippen LogP) is 1.98. The molecule has 0 fully saturated rings. The van der Waals surface area contributed by atoms with Crippen LogP contribution >= 0.6 is 0 Å². The summed E-state index contributed by atoms with van der Waals surface area (Å²) in [6.45, 7) is 1.25. The van der Waals surface area contributed by atoms with Gasteiger partial charge in [0.15, 0.2) is 0 Å². The van der Waals surface area contributed by atoms with Crippen LogP contribution in [0.4, 0.5) is 0 Å². The molecule has 1 atom stereocenters. The molecular formula is C13H16O2. The first-order valence-corrected chi connectivity index (χ1v) is 5.09. The van der Waals surface area contributed by atoms with Crippen molar-refractivity contribution in [3.8, 4) is 12.3 Å². The second-order valence-electron chi connectivity index (χ2n) is 3.36. The summed E-state index contributed by atoms with van der Waals surface area (Å²) >= 11 is 0. The van der Waals surface area contributed by atoms with E-state index in [4.69, 9.17) is 16.3 Å². The molecule has 1 N–H and O–H groups in total. The first-order valence-electron chi connectivity index (χ1n) is 5.09. The molecule has 1 unspecified atom stereocenters. The first-order chi connectivity index (χ1) is 7.33. The Morgan fingerprint density at radius 3 is 2.73 bits per heavy atom. The van der Waals surface area contributed by atoms with E-state index in [0.717, 1.165) is 12.0 Å². The summed E-state index contributed by atoms with van der Waals surface area (Å²) in [5, 5.41) is 9.08. The van der Waals surface area contributed by atoms with E-state index in [1.807, 2.05) is 30.3 Å². The third-order valence-corrected chi connectivity index (χ3v) is 2.07. The molecule has 0 aliphatic heterocycles. The minimum atomic E-state index is -0.634. The molecule has 1 rings (SSSR count). The lowest BCUT2D eigenvalue weighted by molar-refractivity contribution is 0.107. The molecule has 1 aromatic rings. The maximum atomic E-state index is 9.08. The summed E-state index contributed by atoms with van der Waals surface area (Å²) in [6.07, 6.45) is 5.80. The third kappa shape index (κ3) is 5.21. The standard InChI is InChI=1S/C13H16O2/c1-2-13(14)9-6-10-15-11-12-7-4-3-5-8-12/h1,3-5,7-8,13-14H,6,9-11H2. The fourth-order valence-corrected chi connectivity index (χ4v) is 1.23. The van der Waals surface area contributed by atoms with E-state index in [1.165, 1.54) is 0 Å². The normalized spacial score (nSPS) is 12.0. The highest BCUT2D eigenvalue weighted by molar-refractivity contribution is 5.13. The molecule has 0 saturated carbocycles. The molecule has 0 spiro atoms. The van der Waals surface area contributed by atoms with Crippen LogP contribution in [0.1, 0.15) is 18.4 Å². The van der Waals surface area contributed by atoms with E-state index in [-0.39, 0.29) is 0 Å². The topological polar surface area (TPSA) is 29.5 Å². The second-order valence-corrected chi connectivity index (χ2v) is 3.36. The zero-order valence-electron chi connectivity index (χ0n) is 8.73. The lowest BCUT2D eigenvalue weighted by Gasteiger charge is -2.05. The number of rotatable bonds is 6. The van der Waals surface area contributed by atoms with Crippen LogP contribution in [0.15, 0.2) is 30.3 Å². The fourth-order valence-electron chi connectivity index (χ4n) is 1.23. The second kappa shape index (κ2) is 7.05. The molecule has 2 heteroatoms. The van der Waals surface area contributed by atoms with Crippen molar-refractivity contribution < 1.29 is 9.84 Å². The van der Waals surface area contributed by atoms with Gasteiger partial charge >= 0.3 is 0 Å². The van der Waals surface area contributed by atoms with E-state index in [1.54, 1.807) is 0 Å². The van der Waals surface area contributed by atoms with E-state index in [2.05, 4.69) is 5.92 Å². The van der Waals surface area contributed by atoms with Gasteiger partial charge in [0.05, 0.1) is 6.61 Å². The van der Waals surface area contributed by atoms with Gasteiger partial charge in [-0.25, -0.2) is 0 Å². The van der Waals surface area contributed by atoms with Gasteiger partial charge in [0.1, 0.15) is 6.10 Å². The zero-order valence-corrected chi connectivity index (χ0v) is 8.73. The Morgan fingerprint density at radius 2 is 2.07 bits per heavy atom. The molecule has 0 bridgehead atoms. The van der Waals surface area contributed by atoms with Crippen LogP contribution in [0.3, 0.4) is 0 Å². The Bertz CT molecular complexity index is 300. The molecular weight excluding hydrogens is 188 g/mol. The van der Waals surface area contributed by atoms with Crippen LogP contribution < -0.4 is 0 Å². The van der Waals surface area contributed by atoms with Crippen molar-refractivity contribution in [1.82, 2.24) is 0 Å². The first kappa shape index (κ1) is 11.8. The van der Waals surface area contributed by atoms with E-state index in [9.17, 15) is 0 Å².